The first-order valence-corrected chi connectivity index (χ1v) is 8.89. The first kappa shape index (κ1) is 16.4. The molecular formula is C23H22N2O. The van der Waals surface area contributed by atoms with Gasteiger partial charge in [0.2, 0.25) is 0 Å². The van der Waals surface area contributed by atoms with Crippen LogP contribution >= 0.6 is 0 Å². The summed E-state index contributed by atoms with van der Waals surface area (Å²) in [6.07, 6.45) is 0. The van der Waals surface area contributed by atoms with Gasteiger partial charge in [0, 0.05) is 18.4 Å². The van der Waals surface area contributed by atoms with Crippen molar-refractivity contribution in [1.29, 1.82) is 0 Å². The molecule has 4 rings (SSSR count). The Morgan fingerprint density at radius 2 is 1.38 bits per heavy atom. The Kier molecular flexibility index (Phi) is 4.21. The number of carbonyl (C=O) groups is 1. The van der Waals surface area contributed by atoms with E-state index in [0.29, 0.717) is 0 Å². The molecule has 0 unspecified atom stereocenters. The van der Waals surface area contributed by atoms with Gasteiger partial charge in [-0.2, -0.15) is 0 Å². The van der Waals surface area contributed by atoms with Crippen LogP contribution in [0, 0.1) is 6.92 Å². The van der Waals surface area contributed by atoms with Crippen molar-refractivity contribution in [3.8, 4) is 0 Å². The summed E-state index contributed by atoms with van der Waals surface area (Å²) in [5.41, 5.74) is 4.35. The van der Waals surface area contributed by atoms with Crippen LogP contribution in [0.25, 0.3) is 0 Å². The van der Waals surface area contributed by atoms with Crippen LogP contribution in [0.1, 0.15) is 17.2 Å². The van der Waals surface area contributed by atoms with Gasteiger partial charge in [-0.25, -0.2) is 0 Å². The van der Waals surface area contributed by atoms with Gasteiger partial charge >= 0.3 is 0 Å². The largest absolute Gasteiger partial charge is 0.361 e. The smallest absolute Gasteiger partial charge is 0.252 e. The third-order valence-corrected chi connectivity index (χ3v) is 5.10. The van der Waals surface area contributed by atoms with Crippen LogP contribution < -0.4 is 9.80 Å². The predicted molar refractivity (Wildman–Crippen MR) is 106 cm³/mol. The highest BCUT2D eigenvalue weighted by molar-refractivity contribution is 6.07. The number of β-lactam (4-membered cyclic amide) rings is 1. The fraction of sp³-hybridized carbons (Fsp3) is 0.174. The highest BCUT2D eigenvalue weighted by Crippen LogP contribution is 2.42. The first-order valence-electron chi connectivity index (χ1n) is 8.89. The molecule has 0 saturated carbocycles. The second kappa shape index (κ2) is 6.68. The van der Waals surface area contributed by atoms with Crippen LogP contribution in [-0.2, 0) is 4.79 Å². The van der Waals surface area contributed by atoms with Crippen molar-refractivity contribution in [2.75, 3.05) is 16.8 Å². The Morgan fingerprint density at radius 1 is 0.808 bits per heavy atom. The third kappa shape index (κ3) is 2.76. The summed E-state index contributed by atoms with van der Waals surface area (Å²) in [5.74, 6) is 0.133. The molecule has 0 aromatic heterocycles. The summed E-state index contributed by atoms with van der Waals surface area (Å²) in [6, 6.07) is 28.3. The molecule has 3 nitrogen and oxygen atoms in total. The van der Waals surface area contributed by atoms with Gasteiger partial charge in [0.1, 0.15) is 6.04 Å². The maximum absolute atomic E-state index is 13.1. The van der Waals surface area contributed by atoms with Crippen LogP contribution in [0.2, 0.25) is 0 Å². The van der Waals surface area contributed by atoms with Crippen molar-refractivity contribution in [3.63, 3.8) is 0 Å². The SMILES string of the molecule is Cc1ccc(N2C(=O)[C@@H](N(C)c3ccccc3)[C@@H]2c2ccccc2)cc1. The molecule has 3 heteroatoms. The van der Waals surface area contributed by atoms with E-state index < -0.39 is 0 Å². The average Bonchev–Trinajstić information content (AvgIpc) is 2.69. The molecule has 1 amide bonds. The van der Waals surface area contributed by atoms with Crippen LogP contribution in [0.5, 0.6) is 0 Å². The summed E-state index contributed by atoms with van der Waals surface area (Å²) in [5, 5.41) is 0. The summed E-state index contributed by atoms with van der Waals surface area (Å²) in [6.45, 7) is 2.06. The van der Waals surface area contributed by atoms with Crippen LogP contribution in [0.3, 0.4) is 0 Å². The molecule has 26 heavy (non-hydrogen) atoms. The lowest BCUT2D eigenvalue weighted by molar-refractivity contribution is -0.126. The van der Waals surface area contributed by atoms with Gasteiger partial charge < -0.3 is 9.80 Å². The molecule has 1 aliphatic rings. The molecule has 3 aromatic carbocycles. The number of rotatable bonds is 4. The third-order valence-electron chi connectivity index (χ3n) is 5.10. The second-order valence-electron chi connectivity index (χ2n) is 6.79. The van der Waals surface area contributed by atoms with Gasteiger partial charge in [-0.15, -0.1) is 0 Å². The maximum Gasteiger partial charge on any atom is 0.252 e. The van der Waals surface area contributed by atoms with Gasteiger partial charge in [0.15, 0.2) is 0 Å². The van der Waals surface area contributed by atoms with E-state index >= 15 is 0 Å². The number of nitrogens with zero attached hydrogens (tertiary/aromatic N) is 2. The Hall–Kier alpha value is -3.07. The topological polar surface area (TPSA) is 23.6 Å². The number of anilines is 2. The Morgan fingerprint density at radius 3 is 2.00 bits per heavy atom. The lowest BCUT2D eigenvalue weighted by atomic mass is 9.86. The number of benzene rings is 3. The van der Waals surface area contributed by atoms with Crippen molar-refractivity contribution in [3.05, 3.63) is 96.1 Å². The summed E-state index contributed by atoms with van der Waals surface area (Å²) >= 11 is 0. The van der Waals surface area contributed by atoms with E-state index in [1.807, 2.05) is 72.6 Å². The number of amides is 1. The standard InChI is InChI=1S/C23H22N2O/c1-17-13-15-20(16-14-17)25-21(18-9-5-3-6-10-18)22(23(25)26)24(2)19-11-7-4-8-12-19/h3-16,21-22H,1-2H3/t21-,22-/m0/s1. The number of para-hydroxylation sites is 1. The number of likely N-dealkylation sites (N-methyl/N-ethyl adjacent to an activating group) is 1. The fourth-order valence-electron chi connectivity index (χ4n) is 3.65. The van der Waals surface area contributed by atoms with Gasteiger partial charge in [-0.05, 0) is 36.8 Å². The van der Waals surface area contributed by atoms with Crippen LogP contribution in [-0.4, -0.2) is 19.0 Å². The van der Waals surface area contributed by atoms with Gasteiger partial charge in [-0.3, -0.25) is 4.79 Å². The van der Waals surface area contributed by atoms with Crippen LogP contribution in [0.15, 0.2) is 84.9 Å². The van der Waals surface area contributed by atoms with E-state index in [1.165, 1.54) is 5.56 Å². The molecule has 1 fully saturated rings. The molecule has 130 valence electrons. The monoisotopic (exact) mass is 342 g/mol. The number of hydrogen-bond donors (Lipinski definition) is 0. The number of aryl methyl sites for hydroxylation is 1. The fourth-order valence-corrected chi connectivity index (χ4v) is 3.65. The number of hydrogen-bond acceptors (Lipinski definition) is 2. The molecule has 0 aliphatic carbocycles. The van der Waals surface area contributed by atoms with Crippen molar-refractivity contribution >= 4 is 17.3 Å². The van der Waals surface area contributed by atoms with E-state index in [0.717, 1.165) is 16.9 Å². The lowest BCUT2D eigenvalue weighted by Gasteiger charge is -2.51. The van der Waals surface area contributed by atoms with E-state index in [-0.39, 0.29) is 18.0 Å². The van der Waals surface area contributed by atoms with Crippen molar-refractivity contribution < 1.29 is 4.79 Å². The molecule has 0 N–H and O–H groups in total. The van der Waals surface area contributed by atoms with Gasteiger partial charge in [0.25, 0.3) is 5.91 Å². The molecule has 1 heterocycles. The summed E-state index contributed by atoms with van der Waals surface area (Å²) < 4.78 is 0. The summed E-state index contributed by atoms with van der Waals surface area (Å²) in [4.78, 5) is 17.1. The highest BCUT2D eigenvalue weighted by atomic mass is 16.2. The average molecular weight is 342 g/mol. The van der Waals surface area contributed by atoms with Crippen molar-refractivity contribution in [2.45, 2.75) is 19.0 Å². The van der Waals surface area contributed by atoms with Crippen LogP contribution in [0.4, 0.5) is 11.4 Å². The molecule has 2 atom stereocenters. The normalized spacial score (nSPS) is 19.2. The lowest BCUT2D eigenvalue weighted by Crippen LogP contribution is -2.65. The second-order valence-corrected chi connectivity index (χ2v) is 6.79. The first-order chi connectivity index (χ1) is 12.7. The zero-order valence-corrected chi connectivity index (χ0v) is 15.0. The molecule has 1 aliphatic heterocycles. The highest BCUT2D eigenvalue weighted by Gasteiger charge is 2.51. The molecule has 0 radical (unpaired) electrons. The molecule has 3 aromatic rings. The maximum atomic E-state index is 13.1. The molecule has 0 bridgehead atoms. The number of carbonyl (C=O) groups excluding carboxylic acids is 1. The minimum absolute atomic E-state index is 0.00314. The van der Waals surface area contributed by atoms with Crippen molar-refractivity contribution in [1.82, 2.24) is 0 Å². The van der Waals surface area contributed by atoms with Gasteiger partial charge in [-0.1, -0.05) is 66.2 Å². The predicted octanol–water partition coefficient (Wildman–Crippen LogP) is 4.59. The molecule has 0 spiro atoms. The van der Waals surface area contributed by atoms with Crippen molar-refractivity contribution in [2.24, 2.45) is 0 Å². The Balaban J connectivity index is 1.72. The minimum Gasteiger partial charge on any atom is -0.361 e. The minimum atomic E-state index is -0.207. The van der Waals surface area contributed by atoms with E-state index in [9.17, 15) is 4.79 Å². The quantitative estimate of drug-likeness (QED) is 0.648. The Labute approximate surface area is 154 Å². The summed E-state index contributed by atoms with van der Waals surface area (Å²) in [7, 11) is 2.00. The zero-order valence-electron chi connectivity index (χ0n) is 15.0. The van der Waals surface area contributed by atoms with E-state index in [4.69, 9.17) is 0 Å². The molecular weight excluding hydrogens is 320 g/mol. The molecule has 1 saturated heterocycles. The van der Waals surface area contributed by atoms with Gasteiger partial charge in [0.05, 0.1) is 6.04 Å². The Bertz CT molecular complexity index is 891. The zero-order chi connectivity index (χ0) is 18.1. The van der Waals surface area contributed by atoms with E-state index in [1.54, 1.807) is 0 Å². The van der Waals surface area contributed by atoms with E-state index in [2.05, 4.69) is 36.1 Å².